The van der Waals surface area contributed by atoms with Crippen molar-refractivity contribution in [3.8, 4) is 6.07 Å². The Balaban J connectivity index is 1.58. The summed E-state index contributed by atoms with van der Waals surface area (Å²) in [6.45, 7) is 10.4. The quantitative estimate of drug-likeness (QED) is 0.597. The van der Waals surface area contributed by atoms with Gasteiger partial charge in [-0.25, -0.2) is 4.79 Å². The highest BCUT2D eigenvalue weighted by molar-refractivity contribution is 5.86. The van der Waals surface area contributed by atoms with Gasteiger partial charge in [0.05, 0.1) is 32.4 Å². The molecule has 2 saturated heterocycles. The summed E-state index contributed by atoms with van der Waals surface area (Å²) < 4.78 is 5.27. The maximum atomic E-state index is 13.3. The number of amides is 2. The molecule has 1 saturated carbocycles. The first-order chi connectivity index (χ1) is 15.7. The van der Waals surface area contributed by atoms with Crippen LogP contribution in [0, 0.1) is 22.7 Å². The van der Waals surface area contributed by atoms with Crippen molar-refractivity contribution in [1.29, 1.82) is 5.26 Å². The summed E-state index contributed by atoms with van der Waals surface area (Å²) in [6.07, 6.45) is 6.80. The van der Waals surface area contributed by atoms with Gasteiger partial charge < -0.3 is 20.2 Å². The van der Waals surface area contributed by atoms with E-state index in [9.17, 15) is 14.9 Å². The highest BCUT2D eigenvalue weighted by Crippen LogP contribution is 2.28. The molecule has 0 radical (unpaired) electrons. The van der Waals surface area contributed by atoms with E-state index in [0.717, 1.165) is 13.1 Å². The van der Waals surface area contributed by atoms with Crippen molar-refractivity contribution in [2.24, 2.45) is 11.3 Å². The molecule has 0 bridgehead atoms. The lowest BCUT2D eigenvalue weighted by molar-refractivity contribution is -0.147. The number of carbonyl (C=O) groups is 2. The van der Waals surface area contributed by atoms with Crippen molar-refractivity contribution in [3.63, 3.8) is 0 Å². The number of nitriles is 1. The fourth-order valence-corrected chi connectivity index (χ4v) is 5.07. The molecule has 3 fully saturated rings. The van der Waals surface area contributed by atoms with Gasteiger partial charge in [-0.05, 0) is 37.0 Å². The van der Waals surface area contributed by atoms with Gasteiger partial charge >= 0.3 is 6.09 Å². The zero-order valence-electron chi connectivity index (χ0n) is 20.5. The summed E-state index contributed by atoms with van der Waals surface area (Å²) in [7, 11) is 0. The van der Waals surface area contributed by atoms with Crippen molar-refractivity contribution < 1.29 is 19.2 Å². The third-order valence-corrected chi connectivity index (χ3v) is 6.77. The molecule has 2 unspecified atom stereocenters. The Bertz CT molecular complexity index is 707. The highest BCUT2D eigenvalue weighted by Gasteiger charge is 2.42. The van der Waals surface area contributed by atoms with E-state index in [1.807, 2.05) is 20.8 Å². The highest BCUT2D eigenvalue weighted by atomic mass is 16.7. The van der Waals surface area contributed by atoms with Crippen LogP contribution in [-0.4, -0.2) is 79.5 Å². The minimum atomic E-state index is -0.919. The minimum absolute atomic E-state index is 0.198. The largest absolute Gasteiger partial charge is 0.426 e. The Morgan fingerprint density at radius 3 is 2.52 bits per heavy atom. The summed E-state index contributed by atoms with van der Waals surface area (Å²) in [5.74, 6) is 0.360. The number of carbonyl (C=O) groups excluding carboxylic acids is 2. The number of nitrogens with zero attached hydrogens (tertiary/aromatic N) is 3. The average molecular weight is 464 g/mol. The number of ether oxygens (including phenoxy) is 1. The number of morpholine rings is 1. The smallest absolute Gasteiger partial charge is 0.379 e. The first kappa shape index (κ1) is 25.7. The third-order valence-electron chi connectivity index (χ3n) is 6.77. The molecular formula is C24H41N5O4. The van der Waals surface area contributed by atoms with Gasteiger partial charge in [0.1, 0.15) is 11.6 Å². The predicted molar refractivity (Wildman–Crippen MR) is 124 cm³/mol. The van der Waals surface area contributed by atoms with Crippen LogP contribution >= 0.6 is 0 Å². The summed E-state index contributed by atoms with van der Waals surface area (Å²) in [5, 5.41) is 17.3. The van der Waals surface area contributed by atoms with Gasteiger partial charge in [0.15, 0.2) is 0 Å². The van der Waals surface area contributed by atoms with E-state index >= 15 is 0 Å². The van der Waals surface area contributed by atoms with Crippen LogP contribution in [0.5, 0.6) is 0 Å². The third kappa shape index (κ3) is 8.13. The van der Waals surface area contributed by atoms with Crippen LogP contribution in [0.1, 0.15) is 65.7 Å². The molecule has 0 aromatic heterocycles. The normalized spacial score (nSPS) is 26.4. The fraction of sp³-hybridized carbons (Fsp3) is 0.875. The van der Waals surface area contributed by atoms with Crippen LogP contribution in [0.2, 0.25) is 0 Å². The Hall–Kier alpha value is -1.89. The van der Waals surface area contributed by atoms with E-state index < -0.39 is 17.7 Å². The van der Waals surface area contributed by atoms with Gasteiger partial charge in [-0.3, -0.25) is 9.69 Å². The van der Waals surface area contributed by atoms with Gasteiger partial charge in [-0.2, -0.15) is 5.26 Å². The van der Waals surface area contributed by atoms with Gasteiger partial charge in [0.25, 0.3) is 0 Å². The van der Waals surface area contributed by atoms with Crippen LogP contribution in [-0.2, 0) is 14.4 Å². The first-order valence-electron chi connectivity index (χ1n) is 12.4. The summed E-state index contributed by atoms with van der Waals surface area (Å²) in [4.78, 5) is 33.5. The molecule has 2 heterocycles. The van der Waals surface area contributed by atoms with E-state index in [4.69, 9.17) is 9.57 Å². The number of hydrogen-bond donors (Lipinski definition) is 2. The van der Waals surface area contributed by atoms with Crippen LogP contribution in [0.4, 0.5) is 4.79 Å². The van der Waals surface area contributed by atoms with Gasteiger partial charge in [0, 0.05) is 19.6 Å². The Kier molecular flexibility index (Phi) is 8.96. The average Bonchev–Trinajstić information content (AvgIpc) is 3.16. The van der Waals surface area contributed by atoms with Crippen molar-refractivity contribution in [1.82, 2.24) is 20.6 Å². The fourth-order valence-electron chi connectivity index (χ4n) is 5.07. The van der Waals surface area contributed by atoms with E-state index in [-0.39, 0.29) is 11.3 Å². The molecule has 1 aliphatic carbocycles. The molecular weight excluding hydrogens is 422 g/mol. The van der Waals surface area contributed by atoms with E-state index in [1.54, 1.807) is 5.06 Å². The number of hydroxylamine groups is 2. The van der Waals surface area contributed by atoms with Crippen molar-refractivity contribution >= 4 is 12.0 Å². The number of likely N-dealkylation sites (tertiary alicyclic amines) is 1. The van der Waals surface area contributed by atoms with E-state index in [2.05, 4.69) is 21.6 Å². The van der Waals surface area contributed by atoms with E-state index in [0.29, 0.717) is 51.6 Å². The van der Waals surface area contributed by atoms with Crippen LogP contribution < -0.4 is 10.6 Å². The second kappa shape index (κ2) is 11.5. The molecule has 0 spiro atoms. The van der Waals surface area contributed by atoms with Gasteiger partial charge in [-0.15, -0.1) is 5.06 Å². The van der Waals surface area contributed by atoms with Crippen LogP contribution in [0.15, 0.2) is 0 Å². The standard InChI is InChI=1S/C24H41N5O4/c1-23(2,3)15-20(26-22(31)33-29-11-13-32-14-12-29)21(30)27-24(17-25)9-10-28(18-24)16-19-7-5-4-6-8-19/h19-20H,4-16,18H2,1-3H3,(H,26,31)(H,27,30). The molecule has 0 aromatic carbocycles. The Labute approximate surface area is 198 Å². The second-order valence-corrected chi connectivity index (χ2v) is 11.1. The number of rotatable bonds is 7. The molecule has 2 amide bonds. The molecule has 186 valence electrons. The van der Waals surface area contributed by atoms with Crippen molar-refractivity contribution in [2.75, 3.05) is 45.9 Å². The molecule has 3 aliphatic rings. The number of hydrogen-bond acceptors (Lipinski definition) is 7. The Morgan fingerprint density at radius 1 is 1.18 bits per heavy atom. The molecule has 2 aliphatic heterocycles. The monoisotopic (exact) mass is 463 g/mol. The lowest BCUT2D eigenvalue weighted by atomic mass is 9.87. The molecule has 9 heteroatoms. The zero-order chi connectivity index (χ0) is 23.9. The predicted octanol–water partition coefficient (Wildman–Crippen LogP) is 2.43. The van der Waals surface area contributed by atoms with Crippen molar-refractivity contribution in [3.05, 3.63) is 0 Å². The summed E-state index contributed by atoms with van der Waals surface area (Å²) >= 11 is 0. The summed E-state index contributed by atoms with van der Waals surface area (Å²) in [5.41, 5.74) is -1.12. The van der Waals surface area contributed by atoms with Gasteiger partial charge in [0.2, 0.25) is 5.91 Å². The minimum Gasteiger partial charge on any atom is -0.379 e. The second-order valence-electron chi connectivity index (χ2n) is 11.1. The lowest BCUT2D eigenvalue weighted by Gasteiger charge is -2.31. The maximum Gasteiger partial charge on any atom is 0.426 e. The SMILES string of the molecule is CC(C)(C)CC(NC(=O)ON1CCOCC1)C(=O)NC1(C#N)CCN(CC2CCCCC2)C1. The van der Waals surface area contributed by atoms with Gasteiger partial charge in [-0.1, -0.05) is 40.0 Å². The molecule has 3 rings (SSSR count). The van der Waals surface area contributed by atoms with Crippen molar-refractivity contribution in [2.45, 2.75) is 77.3 Å². The molecule has 9 nitrogen and oxygen atoms in total. The number of nitrogens with one attached hydrogen (secondary N) is 2. The van der Waals surface area contributed by atoms with Crippen LogP contribution in [0.25, 0.3) is 0 Å². The Morgan fingerprint density at radius 2 is 1.88 bits per heavy atom. The molecule has 2 atom stereocenters. The lowest BCUT2D eigenvalue weighted by Crippen LogP contribution is -2.57. The zero-order valence-corrected chi connectivity index (χ0v) is 20.5. The van der Waals surface area contributed by atoms with Crippen LogP contribution in [0.3, 0.4) is 0 Å². The van der Waals surface area contributed by atoms with E-state index in [1.165, 1.54) is 32.1 Å². The molecule has 2 N–H and O–H groups in total. The molecule has 0 aromatic rings. The topological polar surface area (TPSA) is 107 Å². The summed E-state index contributed by atoms with van der Waals surface area (Å²) in [6, 6.07) is 1.59. The maximum absolute atomic E-state index is 13.3. The first-order valence-corrected chi connectivity index (χ1v) is 12.4. The molecule has 33 heavy (non-hydrogen) atoms.